The molecule has 5 rings (SSSR count). The lowest BCUT2D eigenvalue weighted by molar-refractivity contribution is 0.247. The van der Waals surface area contributed by atoms with Crippen molar-refractivity contribution in [1.29, 1.82) is 0 Å². The number of aromatic nitrogens is 2. The van der Waals surface area contributed by atoms with Crippen LogP contribution in [0.25, 0.3) is 16.1 Å². The maximum atomic E-state index is 12.3. The summed E-state index contributed by atoms with van der Waals surface area (Å²) < 4.78 is 1.60. The number of fused-ring (bicyclic) bond motifs is 4. The van der Waals surface area contributed by atoms with E-state index in [1.165, 1.54) is 33.6 Å². The van der Waals surface area contributed by atoms with Crippen LogP contribution >= 0.6 is 11.3 Å². The summed E-state index contributed by atoms with van der Waals surface area (Å²) in [6.07, 6.45) is 1.78. The molecule has 4 aromatic rings. The molecule has 0 radical (unpaired) electrons. The van der Waals surface area contributed by atoms with Crippen molar-refractivity contribution in [2.24, 2.45) is 0 Å². The number of hydrogen-bond donors (Lipinski definition) is 0. The number of benzene rings is 2. The molecular weight excluding hydrogens is 342 g/mol. The third-order valence-corrected chi connectivity index (χ3v) is 5.61. The van der Waals surface area contributed by atoms with Crippen LogP contribution in [0, 0.1) is 0 Å². The monoisotopic (exact) mass is 359 g/mol. The van der Waals surface area contributed by atoms with Gasteiger partial charge in [0.05, 0.1) is 5.69 Å². The molecule has 4 nitrogen and oxygen atoms in total. The Hall–Kier alpha value is -2.76. The topological polar surface area (TPSA) is 37.6 Å². The molecule has 0 aliphatic carbocycles. The summed E-state index contributed by atoms with van der Waals surface area (Å²) in [5.41, 5.74) is 6.04. The highest BCUT2D eigenvalue weighted by atomic mass is 32.1. The first kappa shape index (κ1) is 15.5. The van der Waals surface area contributed by atoms with Crippen molar-refractivity contribution in [3.63, 3.8) is 0 Å². The molecule has 1 aliphatic heterocycles. The van der Waals surface area contributed by atoms with Gasteiger partial charge in [-0.1, -0.05) is 48.5 Å². The maximum Gasteiger partial charge on any atom is 0.258 e. The molecule has 0 saturated carbocycles. The van der Waals surface area contributed by atoms with Gasteiger partial charge in [0.25, 0.3) is 5.56 Å². The van der Waals surface area contributed by atoms with Crippen LogP contribution in [0.5, 0.6) is 0 Å². The van der Waals surface area contributed by atoms with Crippen molar-refractivity contribution in [2.75, 3.05) is 0 Å². The Kier molecular flexibility index (Phi) is 3.69. The van der Waals surface area contributed by atoms with Gasteiger partial charge in [-0.15, -0.1) is 11.3 Å². The van der Waals surface area contributed by atoms with Crippen LogP contribution in [0.15, 0.2) is 71.0 Å². The van der Waals surface area contributed by atoms with Gasteiger partial charge in [0.15, 0.2) is 4.96 Å². The standard InChI is InChI=1S/C21H17N3OS/c25-20-11-17(22-21-24(20)9-10-26-21)14-23-12-15-5-1-3-7-18(15)19-8-4-2-6-16(19)13-23/h1-11H,12-14H2. The van der Waals surface area contributed by atoms with Crippen LogP contribution in [0.3, 0.4) is 0 Å². The molecule has 0 bridgehead atoms. The first-order chi connectivity index (χ1) is 12.8. The fourth-order valence-corrected chi connectivity index (χ4v) is 4.43. The molecule has 0 unspecified atom stereocenters. The van der Waals surface area contributed by atoms with Gasteiger partial charge < -0.3 is 0 Å². The van der Waals surface area contributed by atoms with Crippen LogP contribution < -0.4 is 5.56 Å². The molecular formula is C21H17N3OS. The van der Waals surface area contributed by atoms with Crippen molar-refractivity contribution in [1.82, 2.24) is 14.3 Å². The molecule has 0 amide bonds. The largest absolute Gasteiger partial charge is 0.289 e. The second-order valence-electron chi connectivity index (χ2n) is 6.60. The highest BCUT2D eigenvalue weighted by Crippen LogP contribution is 2.32. The molecule has 0 fully saturated rings. The van der Waals surface area contributed by atoms with Crippen molar-refractivity contribution < 1.29 is 0 Å². The van der Waals surface area contributed by atoms with Gasteiger partial charge in [0, 0.05) is 37.3 Å². The second-order valence-corrected chi connectivity index (χ2v) is 7.47. The Balaban J connectivity index is 1.55. The first-order valence-electron chi connectivity index (χ1n) is 8.62. The van der Waals surface area contributed by atoms with Crippen LogP contribution in [0.1, 0.15) is 16.8 Å². The number of nitrogens with zero attached hydrogens (tertiary/aromatic N) is 3. The number of hydrogen-bond acceptors (Lipinski definition) is 4. The Labute approximate surface area is 155 Å². The summed E-state index contributed by atoms with van der Waals surface area (Å²) in [6.45, 7) is 2.35. The normalized spacial score (nSPS) is 14.0. The van der Waals surface area contributed by atoms with E-state index in [-0.39, 0.29) is 5.56 Å². The summed E-state index contributed by atoms with van der Waals surface area (Å²) in [6, 6.07) is 18.8. The lowest BCUT2D eigenvalue weighted by Gasteiger charge is -2.20. The molecule has 0 saturated heterocycles. The van der Waals surface area contributed by atoms with E-state index in [9.17, 15) is 4.79 Å². The number of thiazole rings is 1. The third kappa shape index (κ3) is 2.66. The highest BCUT2D eigenvalue weighted by Gasteiger charge is 2.19. The minimum atomic E-state index is -0.0122. The molecule has 1 aliphatic rings. The molecule has 2 aromatic carbocycles. The Morgan fingerprint density at radius 3 is 2.31 bits per heavy atom. The van der Waals surface area contributed by atoms with E-state index >= 15 is 0 Å². The lowest BCUT2D eigenvalue weighted by Crippen LogP contribution is -2.23. The van der Waals surface area contributed by atoms with Gasteiger partial charge >= 0.3 is 0 Å². The molecule has 2 aromatic heterocycles. The minimum absolute atomic E-state index is 0.0122. The zero-order valence-electron chi connectivity index (χ0n) is 14.1. The fourth-order valence-electron chi connectivity index (χ4n) is 3.69. The predicted octanol–water partition coefficient (Wildman–Crippen LogP) is 3.94. The van der Waals surface area contributed by atoms with Gasteiger partial charge in [-0.05, 0) is 22.3 Å². The molecule has 26 heavy (non-hydrogen) atoms. The summed E-state index contributed by atoms with van der Waals surface area (Å²) in [7, 11) is 0. The molecule has 0 spiro atoms. The van der Waals surface area contributed by atoms with Crippen LogP contribution in [-0.2, 0) is 19.6 Å². The zero-order valence-corrected chi connectivity index (χ0v) is 14.9. The third-order valence-electron chi connectivity index (χ3n) is 4.85. The van der Waals surface area contributed by atoms with Crippen LogP contribution in [0.2, 0.25) is 0 Å². The molecule has 5 heteroatoms. The van der Waals surface area contributed by atoms with Crippen molar-refractivity contribution >= 4 is 16.3 Å². The first-order valence-corrected chi connectivity index (χ1v) is 9.50. The highest BCUT2D eigenvalue weighted by molar-refractivity contribution is 7.15. The molecule has 0 N–H and O–H groups in total. The average Bonchev–Trinajstić information content (AvgIpc) is 3.06. The van der Waals surface area contributed by atoms with Gasteiger partial charge in [-0.2, -0.15) is 0 Å². The Morgan fingerprint density at radius 2 is 1.62 bits per heavy atom. The van der Waals surface area contributed by atoms with Crippen molar-refractivity contribution in [2.45, 2.75) is 19.6 Å². The molecule has 0 atom stereocenters. The lowest BCUT2D eigenvalue weighted by atomic mass is 9.97. The quantitative estimate of drug-likeness (QED) is 0.544. The van der Waals surface area contributed by atoms with Crippen molar-refractivity contribution in [3.05, 3.63) is 93.3 Å². The average molecular weight is 359 g/mol. The number of rotatable bonds is 2. The van der Waals surface area contributed by atoms with Crippen LogP contribution in [0.4, 0.5) is 0 Å². The van der Waals surface area contributed by atoms with E-state index in [0.29, 0.717) is 6.54 Å². The SMILES string of the molecule is O=c1cc(CN2Cc3ccccc3-c3ccccc3C2)nc2sccn12. The predicted molar refractivity (Wildman–Crippen MR) is 104 cm³/mol. The smallest absolute Gasteiger partial charge is 0.258 e. The minimum Gasteiger partial charge on any atom is -0.289 e. The van der Waals surface area contributed by atoms with Crippen molar-refractivity contribution in [3.8, 4) is 11.1 Å². The van der Waals surface area contributed by atoms with E-state index in [1.54, 1.807) is 16.7 Å². The van der Waals surface area contributed by atoms with Gasteiger partial charge in [-0.25, -0.2) is 4.98 Å². The molecule has 3 heterocycles. The fraction of sp³-hybridized carbons (Fsp3) is 0.143. The van der Waals surface area contributed by atoms with E-state index in [0.717, 1.165) is 23.7 Å². The summed E-state index contributed by atoms with van der Waals surface area (Å²) >= 11 is 1.49. The van der Waals surface area contributed by atoms with E-state index in [1.807, 2.05) is 5.38 Å². The zero-order chi connectivity index (χ0) is 17.5. The second kappa shape index (κ2) is 6.20. The Bertz CT molecular complexity index is 1110. The van der Waals surface area contributed by atoms with E-state index in [4.69, 9.17) is 0 Å². The van der Waals surface area contributed by atoms with E-state index < -0.39 is 0 Å². The summed E-state index contributed by atoms with van der Waals surface area (Å²) in [4.78, 5) is 20.1. The summed E-state index contributed by atoms with van der Waals surface area (Å²) in [5.74, 6) is 0. The van der Waals surface area contributed by atoms with Crippen LogP contribution in [-0.4, -0.2) is 14.3 Å². The van der Waals surface area contributed by atoms with Gasteiger partial charge in [0.2, 0.25) is 0 Å². The van der Waals surface area contributed by atoms with Gasteiger partial charge in [0.1, 0.15) is 0 Å². The summed E-state index contributed by atoms with van der Waals surface area (Å²) in [5, 5.41) is 1.89. The Morgan fingerprint density at radius 1 is 0.962 bits per heavy atom. The molecule has 128 valence electrons. The van der Waals surface area contributed by atoms with Gasteiger partial charge in [-0.3, -0.25) is 14.1 Å². The maximum absolute atomic E-state index is 12.3. The van der Waals surface area contributed by atoms with E-state index in [2.05, 4.69) is 58.4 Å².